The minimum Gasteiger partial charge on any atom is -0.369 e. The van der Waals surface area contributed by atoms with Crippen molar-refractivity contribution in [3.63, 3.8) is 0 Å². The molecule has 212 valence electrons. The van der Waals surface area contributed by atoms with E-state index in [-0.39, 0.29) is 30.7 Å². The first-order valence-electron chi connectivity index (χ1n) is 12.9. The monoisotopic (exact) mass is 574 g/mol. The van der Waals surface area contributed by atoms with Gasteiger partial charge in [-0.3, -0.25) is 9.69 Å². The van der Waals surface area contributed by atoms with Gasteiger partial charge in [0.15, 0.2) is 0 Å². The van der Waals surface area contributed by atoms with Crippen molar-refractivity contribution in [1.29, 1.82) is 0 Å². The van der Waals surface area contributed by atoms with E-state index in [4.69, 9.17) is 0 Å². The predicted molar refractivity (Wildman–Crippen MR) is 152 cm³/mol. The van der Waals surface area contributed by atoms with E-state index < -0.39 is 17.2 Å². The second-order valence-corrected chi connectivity index (χ2v) is 10.2. The first kappa shape index (κ1) is 32.2. The molecule has 0 spiro atoms. The highest BCUT2D eigenvalue weighted by atomic mass is 35.5. The molecule has 10 heteroatoms. The number of carbonyl (C=O) groups is 1. The molecule has 2 saturated heterocycles. The molecule has 0 bridgehead atoms. The van der Waals surface area contributed by atoms with Gasteiger partial charge < -0.3 is 14.7 Å². The van der Waals surface area contributed by atoms with Gasteiger partial charge >= 0.3 is 6.18 Å². The van der Waals surface area contributed by atoms with Crippen molar-refractivity contribution in [2.45, 2.75) is 31.4 Å². The van der Waals surface area contributed by atoms with Crippen LogP contribution in [0.2, 0.25) is 0 Å². The van der Waals surface area contributed by atoms with Gasteiger partial charge in [-0.15, -0.1) is 24.8 Å². The van der Waals surface area contributed by atoms with Crippen molar-refractivity contribution in [1.82, 2.24) is 14.7 Å². The number of carbonyl (C=O) groups excluding carboxylic acids is 1. The number of likely N-dealkylation sites (N-methyl/N-ethyl adjacent to an activating group) is 1. The van der Waals surface area contributed by atoms with Gasteiger partial charge in [-0.1, -0.05) is 43.3 Å². The lowest BCUT2D eigenvalue weighted by Gasteiger charge is -2.45. The summed E-state index contributed by atoms with van der Waals surface area (Å²) in [5.41, 5.74) is 0.931. The van der Waals surface area contributed by atoms with E-state index >= 15 is 0 Å². The lowest BCUT2D eigenvalue weighted by atomic mass is 9.72. The second kappa shape index (κ2) is 13.9. The molecule has 38 heavy (non-hydrogen) atoms. The number of hydrogen-bond donors (Lipinski definition) is 0. The van der Waals surface area contributed by atoms with Crippen LogP contribution in [0.5, 0.6) is 0 Å². The molecule has 2 fully saturated rings. The van der Waals surface area contributed by atoms with Crippen LogP contribution >= 0.6 is 24.8 Å². The van der Waals surface area contributed by atoms with E-state index in [0.29, 0.717) is 39.0 Å². The van der Waals surface area contributed by atoms with Gasteiger partial charge in [-0.2, -0.15) is 13.2 Å². The molecule has 1 amide bonds. The van der Waals surface area contributed by atoms with E-state index in [0.717, 1.165) is 44.4 Å². The lowest BCUT2D eigenvalue weighted by molar-refractivity contribution is -0.137. The predicted octanol–water partition coefficient (Wildman–Crippen LogP) is 5.18. The number of piperazine rings is 1. The largest absolute Gasteiger partial charge is 0.416 e. The number of likely N-dealkylation sites (tertiary alicyclic amines) is 1. The molecule has 2 heterocycles. The Labute approximate surface area is 236 Å². The molecule has 0 radical (unpaired) electrons. The van der Waals surface area contributed by atoms with Crippen molar-refractivity contribution in [2.24, 2.45) is 0 Å². The number of halogens is 5. The van der Waals surface area contributed by atoms with Crippen LogP contribution in [0.25, 0.3) is 0 Å². The number of para-hydroxylation sites is 1. The maximum atomic E-state index is 13.4. The summed E-state index contributed by atoms with van der Waals surface area (Å²) in [6.45, 7) is 8.52. The van der Waals surface area contributed by atoms with Gasteiger partial charge in [0.05, 0.1) is 12.1 Å². The molecular weight excluding hydrogens is 536 g/mol. The molecule has 2 aliphatic rings. The average molecular weight is 576 g/mol. The Bertz CT molecular complexity index is 1010. The zero-order valence-electron chi connectivity index (χ0n) is 22.1. The second-order valence-electron chi connectivity index (χ2n) is 10.2. The summed E-state index contributed by atoms with van der Waals surface area (Å²) < 4.78 is 40.3. The van der Waals surface area contributed by atoms with Crippen LogP contribution in [-0.2, 0) is 16.4 Å². The SMILES string of the molecule is CCN(C)CC1(c2cccc(C(F)(F)F)c2)CCN(C(=O)CN2CCN(c3ccccc3)CC2)CC1.Cl.Cl. The van der Waals surface area contributed by atoms with Crippen molar-refractivity contribution in [2.75, 3.05) is 70.9 Å². The zero-order valence-corrected chi connectivity index (χ0v) is 23.8. The minimum absolute atomic E-state index is 0. The molecular formula is C28H39Cl2F3N4O. The van der Waals surface area contributed by atoms with Gasteiger partial charge in [0, 0.05) is 56.9 Å². The number of alkyl halides is 3. The van der Waals surface area contributed by atoms with Crippen LogP contribution in [0.3, 0.4) is 0 Å². The maximum absolute atomic E-state index is 13.4. The van der Waals surface area contributed by atoms with Gasteiger partial charge in [-0.05, 0) is 50.2 Å². The molecule has 0 aromatic heterocycles. The molecule has 4 rings (SSSR count). The Morgan fingerprint density at radius 2 is 1.55 bits per heavy atom. The Morgan fingerprint density at radius 3 is 2.13 bits per heavy atom. The summed E-state index contributed by atoms with van der Waals surface area (Å²) in [6.07, 6.45) is -3.05. The number of hydrogen-bond acceptors (Lipinski definition) is 4. The van der Waals surface area contributed by atoms with Gasteiger partial charge in [0.1, 0.15) is 0 Å². The van der Waals surface area contributed by atoms with Crippen LogP contribution < -0.4 is 4.90 Å². The first-order chi connectivity index (χ1) is 17.2. The van der Waals surface area contributed by atoms with Gasteiger partial charge in [0.2, 0.25) is 5.91 Å². The zero-order chi connectivity index (χ0) is 25.8. The highest BCUT2D eigenvalue weighted by Gasteiger charge is 2.40. The average Bonchev–Trinajstić information content (AvgIpc) is 2.89. The summed E-state index contributed by atoms with van der Waals surface area (Å²) in [5, 5.41) is 0. The van der Waals surface area contributed by atoms with Crippen LogP contribution in [0.4, 0.5) is 18.9 Å². The van der Waals surface area contributed by atoms with Crippen molar-refractivity contribution < 1.29 is 18.0 Å². The molecule has 0 N–H and O–H groups in total. The fourth-order valence-corrected chi connectivity index (χ4v) is 5.47. The minimum atomic E-state index is -4.37. The van der Waals surface area contributed by atoms with E-state index in [1.54, 1.807) is 0 Å². The fraction of sp³-hybridized carbons (Fsp3) is 0.536. The third kappa shape index (κ3) is 7.78. The number of nitrogens with zero attached hydrogens (tertiary/aromatic N) is 4. The van der Waals surface area contributed by atoms with Crippen LogP contribution in [0.1, 0.15) is 30.9 Å². The molecule has 0 atom stereocenters. The smallest absolute Gasteiger partial charge is 0.369 e. The highest BCUT2D eigenvalue weighted by Crippen LogP contribution is 2.39. The summed E-state index contributed by atoms with van der Waals surface area (Å²) in [7, 11) is 2.00. The van der Waals surface area contributed by atoms with Crippen molar-refractivity contribution >= 4 is 36.4 Å². The number of anilines is 1. The van der Waals surface area contributed by atoms with Crippen LogP contribution in [-0.4, -0.2) is 86.6 Å². The number of amides is 1. The standard InChI is InChI=1S/C28H37F3N4O.2ClH/c1-3-32(2)22-27(23-8-7-9-24(20-23)28(29,30)31)12-14-35(15-13-27)26(36)21-33-16-18-34(19-17-33)25-10-5-4-6-11-25;;/h4-11,20H,3,12-19,21-22H2,1-2H3;2*1H. The summed E-state index contributed by atoms with van der Waals surface area (Å²) in [6, 6.07) is 16.1. The van der Waals surface area contributed by atoms with Gasteiger partial charge in [0.25, 0.3) is 0 Å². The van der Waals surface area contributed by atoms with Gasteiger partial charge in [-0.25, -0.2) is 0 Å². The van der Waals surface area contributed by atoms with Crippen molar-refractivity contribution in [3.05, 3.63) is 65.7 Å². The third-order valence-corrected chi connectivity index (χ3v) is 7.84. The maximum Gasteiger partial charge on any atom is 0.416 e. The Kier molecular flexibility index (Phi) is 11.8. The van der Waals surface area contributed by atoms with E-state index in [1.165, 1.54) is 17.8 Å². The van der Waals surface area contributed by atoms with E-state index in [9.17, 15) is 18.0 Å². The molecule has 2 aromatic carbocycles. The number of rotatable bonds is 7. The van der Waals surface area contributed by atoms with E-state index in [1.807, 2.05) is 36.2 Å². The fourth-order valence-electron chi connectivity index (χ4n) is 5.47. The molecule has 5 nitrogen and oxygen atoms in total. The summed E-state index contributed by atoms with van der Waals surface area (Å²) in [5.74, 6) is 0.115. The Hall–Kier alpha value is -2.00. The first-order valence-corrected chi connectivity index (χ1v) is 12.9. The molecule has 2 aromatic rings. The number of piperidine rings is 1. The molecule has 2 aliphatic heterocycles. The quantitative estimate of drug-likeness (QED) is 0.455. The highest BCUT2D eigenvalue weighted by molar-refractivity contribution is 5.85. The summed E-state index contributed by atoms with van der Waals surface area (Å²) in [4.78, 5) is 21.8. The normalized spacial score (nSPS) is 18.1. The lowest BCUT2D eigenvalue weighted by Crippen LogP contribution is -2.53. The van der Waals surface area contributed by atoms with Crippen LogP contribution in [0, 0.1) is 0 Å². The Balaban J connectivity index is 0.00000253. The molecule has 0 saturated carbocycles. The topological polar surface area (TPSA) is 30.0 Å². The molecule has 0 unspecified atom stereocenters. The van der Waals surface area contributed by atoms with Crippen molar-refractivity contribution in [3.8, 4) is 0 Å². The van der Waals surface area contributed by atoms with E-state index in [2.05, 4.69) is 33.8 Å². The Morgan fingerprint density at radius 1 is 0.921 bits per heavy atom. The third-order valence-electron chi connectivity index (χ3n) is 7.84. The van der Waals surface area contributed by atoms with Crippen LogP contribution in [0.15, 0.2) is 54.6 Å². The molecule has 0 aliphatic carbocycles. The number of benzene rings is 2. The summed E-state index contributed by atoms with van der Waals surface area (Å²) >= 11 is 0.